The van der Waals surface area contributed by atoms with E-state index < -0.39 is 31.3 Å². The Bertz CT molecular complexity index is 1030. The van der Waals surface area contributed by atoms with E-state index in [0.29, 0.717) is 0 Å². The molecule has 4 rings (SSSR count). The van der Waals surface area contributed by atoms with E-state index in [4.69, 9.17) is 0 Å². The molecule has 2 aromatic rings. The monoisotopic (exact) mass is 703 g/mol. The summed E-state index contributed by atoms with van der Waals surface area (Å²) in [4.78, 5) is 8.37. The van der Waals surface area contributed by atoms with Gasteiger partial charge in [0.1, 0.15) is 0 Å². The number of pyridine rings is 2. The maximum absolute atomic E-state index is 11.4. The van der Waals surface area contributed by atoms with Gasteiger partial charge < -0.3 is 14.9 Å². The van der Waals surface area contributed by atoms with Crippen LogP contribution in [0.3, 0.4) is 0 Å². The number of hydrogen-bond acceptors (Lipinski definition) is 7. The number of rotatable bonds is 3. The van der Waals surface area contributed by atoms with Crippen LogP contribution in [0.25, 0.3) is 11.4 Å². The average Bonchev–Trinajstić information content (AvgIpc) is 3.64. The third-order valence-electron chi connectivity index (χ3n) is 4.84. The van der Waals surface area contributed by atoms with Crippen molar-refractivity contribution in [1.82, 2.24) is 9.97 Å². The minimum atomic E-state index is -6.85. The van der Waals surface area contributed by atoms with Gasteiger partial charge in [0.2, 0.25) is 0 Å². The van der Waals surface area contributed by atoms with E-state index in [0.717, 1.165) is 11.4 Å². The Balaban J connectivity index is -0.000000240. The topological polar surface area (TPSA) is 103 Å². The maximum Gasteiger partial charge on any atom is 2.00 e. The van der Waals surface area contributed by atoms with Gasteiger partial charge in [0.25, 0.3) is 0 Å². The number of nitrogens with zero attached hydrogens (tertiary/aromatic N) is 2. The van der Waals surface area contributed by atoms with Crippen LogP contribution in [0.1, 0.15) is 84.5 Å². The summed E-state index contributed by atoms with van der Waals surface area (Å²) in [5, 5.41) is 0. The molecule has 2 aliphatic carbocycles. The first-order chi connectivity index (χ1) is 18.6. The molecule has 0 saturated heterocycles. The fraction of sp³-hybridized carbons (Fsp3) is 0.556. The number of aromatic nitrogens is 2. The van der Waals surface area contributed by atoms with Crippen molar-refractivity contribution in [2.75, 3.05) is 0 Å². The van der Waals surface area contributed by atoms with Crippen LogP contribution in [-0.2, 0) is 42.4 Å². The molecule has 16 heteroatoms. The van der Waals surface area contributed by atoms with E-state index >= 15 is 0 Å². The summed E-state index contributed by atoms with van der Waals surface area (Å²) in [5.41, 5.74) is -10.7. The fourth-order valence-corrected chi connectivity index (χ4v) is 4.55. The van der Waals surface area contributed by atoms with Gasteiger partial charge in [-0.15, -0.1) is 3.63 Å². The van der Waals surface area contributed by atoms with E-state index in [2.05, 4.69) is 23.8 Å². The summed E-state index contributed by atoms with van der Waals surface area (Å²) in [6, 6.07) is 11.6. The molecule has 0 amide bonds. The normalized spacial score (nSPS) is 14.0. The molecule has 0 atom stereocenters. The van der Waals surface area contributed by atoms with Crippen LogP contribution >= 0.6 is 0 Å². The maximum atomic E-state index is 11.4. The van der Waals surface area contributed by atoms with E-state index in [1.54, 1.807) is 12.4 Å². The van der Waals surface area contributed by atoms with Crippen LogP contribution in [0.5, 0.6) is 0 Å². The molecule has 0 aromatic carbocycles. The first-order valence-corrected chi connectivity index (χ1v) is 15.6. The van der Waals surface area contributed by atoms with Gasteiger partial charge in [-0.25, -0.2) is 0 Å². The molecule has 2 aliphatic rings. The standard InChI is InChI=1S/C10H8N2.2C5H10.C3H8.C2F6O5S2.2CH3.V/c1-3-7-11-9(5-1)10-6-2-4-8-12-10;2*1-2-4-5-3-1;1-3-2;3-1(4,5)14(9,10)13-15(11,12)2(6,7)8;;;/h1-8H;2*1-5H2;3H2,1-2H3;;2*1H3;/q;;;;;2*-1;+2. The van der Waals surface area contributed by atoms with Gasteiger partial charge in [-0.3, -0.25) is 9.97 Å². The first-order valence-electron chi connectivity index (χ1n) is 12.7. The molecule has 0 N–H and O–H groups in total. The Kier molecular flexibility index (Phi) is 27.6. The summed E-state index contributed by atoms with van der Waals surface area (Å²) in [6.07, 6.45) is 19.8. The number of alkyl halides is 6. The molecule has 0 unspecified atom stereocenters. The Labute approximate surface area is 265 Å². The molecule has 0 bridgehead atoms. The smallest absolute Gasteiger partial charge is 0.358 e. The Morgan fingerprint density at radius 3 is 1.00 bits per heavy atom. The van der Waals surface area contributed by atoms with Crippen LogP contribution in [0.4, 0.5) is 26.3 Å². The van der Waals surface area contributed by atoms with Crippen molar-refractivity contribution in [3.8, 4) is 11.4 Å². The second kappa shape index (κ2) is 24.6. The summed E-state index contributed by atoms with van der Waals surface area (Å²) in [5.74, 6) is 0. The predicted molar refractivity (Wildman–Crippen MR) is 153 cm³/mol. The van der Waals surface area contributed by atoms with Gasteiger partial charge in [0, 0.05) is 12.4 Å². The van der Waals surface area contributed by atoms with Gasteiger partial charge in [0.15, 0.2) is 0 Å². The summed E-state index contributed by atoms with van der Waals surface area (Å²) in [7, 11) is -13.7. The Hall–Kier alpha value is -1.68. The van der Waals surface area contributed by atoms with Crippen LogP contribution in [0, 0.1) is 14.9 Å². The summed E-state index contributed by atoms with van der Waals surface area (Å²) < 4.78 is 110. The van der Waals surface area contributed by atoms with Crippen molar-refractivity contribution < 1.29 is 65.4 Å². The number of hydrogen-bond donors (Lipinski definition) is 0. The molecular formula is C27H42F6N2O5S2V. The van der Waals surface area contributed by atoms with Crippen molar-refractivity contribution >= 4 is 20.2 Å². The molecule has 2 saturated carbocycles. The molecule has 2 fully saturated rings. The minimum absolute atomic E-state index is 0. The minimum Gasteiger partial charge on any atom is -0.358 e. The van der Waals surface area contributed by atoms with Crippen LogP contribution in [-0.4, -0.2) is 37.8 Å². The summed E-state index contributed by atoms with van der Waals surface area (Å²) >= 11 is 0. The van der Waals surface area contributed by atoms with Gasteiger partial charge >= 0.3 is 49.8 Å². The number of halogens is 6. The van der Waals surface area contributed by atoms with Crippen molar-refractivity contribution in [2.45, 2.75) is 95.5 Å². The molecule has 0 spiro atoms. The van der Waals surface area contributed by atoms with E-state index in [9.17, 15) is 43.2 Å². The Morgan fingerprint density at radius 1 is 0.605 bits per heavy atom. The second-order valence-corrected chi connectivity index (χ2v) is 11.8. The van der Waals surface area contributed by atoms with Gasteiger partial charge in [-0.1, -0.05) is 96.6 Å². The van der Waals surface area contributed by atoms with E-state index in [1.165, 1.54) is 70.6 Å². The van der Waals surface area contributed by atoms with Crippen LogP contribution < -0.4 is 0 Å². The molecule has 1 radical (unpaired) electrons. The molecule has 7 nitrogen and oxygen atoms in total. The van der Waals surface area contributed by atoms with Crippen molar-refractivity contribution in [1.29, 1.82) is 0 Å². The third kappa shape index (κ3) is 21.6. The largest absolute Gasteiger partial charge is 2.00 e. The van der Waals surface area contributed by atoms with Crippen molar-refractivity contribution in [3.63, 3.8) is 0 Å². The quantitative estimate of drug-likeness (QED) is 0.179. The van der Waals surface area contributed by atoms with Gasteiger partial charge in [-0.2, -0.15) is 43.2 Å². The molecule has 0 aliphatic heterocycles. The predicted octanol–water partition coefficient (Wildman–Crippen LogP) is 9.06. The second-order valence-electron chi connectivity index (χ2n) is 8.54. The zero-order chi connectivity index (χ0) is 30.7. The van der Waals surface area contributed by atoms with Crippen LogP contribution in [0.2, 0.25) is 0 Å². The molecule has 2 heterocycles. The fourth-order valence-electron chi connectivity index (χ4n) is 2.99. The molecular weight excluding hydrogens is 661 g/mol. The average molecular weight is 704 g/mol. The zero-order valence-electron chi connectivity index (χ0n) is 24.9. The summed E-state index contributed by atoms with van der Waals surface area (Å²) in [6.45, 7) is 4.25. The zero-order valence-corrected chi connectivity index (χ0v) is 27.9. The molecule has 43 heavy (non-hydrogen) atoms. The van der Waals surface area contributed by atoms with Crippen LogP contribution in [0.15, 0.2) is 48.8 Å². The van der Waals surface area contributed by atoms with Gasteiger partial charge in [-0.05, 0) is 24.3 Å². The SMILES string of the molecule is C1CCCC1.C1CCCC1.CCC.O=S(=O)(OS(=O)(=O)C(F)(F)F)C(F)(F)F.[CH3-].[CH3-].[V+2].c1ccc(-c2ccccn2)nc1. The third-order valence-corrected chi connectivity index (χ3v) is 7.41. The molecule has 249 valence electrons. The van der Waals surface area contributed by atoms with Crippen molar-refractivity contribution in [2.24, 2.45) is 0 Å². The Morgan fingerprint density at radius 2 is 0.837 bits per heavy atom. The van der Waals surface area contributed by atoms with E-state index in [1.807, 2.05) is 40.0 Å². The first kappa shape index (κ1) is 48.2. The van der Waals surface area contributed by atoms with E-state index in [-0.39, 0.29) is 33.4 Å². The van der Waals surface area contributed by atoms with Gasteiger partial charge in [0.05, 0.1) is 11.4 Å². The van der Waals surface area contributed by atoms with Crippen molar-refractivity contribution in [3.05, 3.63) is 63.6 Å². The molecule has 2 aromatic heterocycles.